The number of rotatable bonds is 4. The monoisotopic (exact) mass is 298 g/mol. The SMILES string of the molecule is CCc1c(OC)ccc(C=NN=C(N)N)c1Br. The second-order valence-corrected chi connectivity index (χ2v) is 4.07. The van der Waals surface area contributed by atoms with E-state index in [0.717, 1.165) is 27.8 Å². The number of nitrogens with two attached hydrogens (primary N) is 2. The molecule has 0 aliphatic heterocycles. The molecule has 0 atom stereocenters. The van der Waals surface area contributed by atoms with Gasteiger partial charge in [-0.3, -0.25) is 0 Å². The highest BCUT2D eigenvalue weighted by atomic mass is 79.9. The molecule has 0 bridgehead atoms. The lowest BCUT2D eigenvalue weighted by atomic mass is 10.1. The molecular formula is C11H15BrN4O. The van der Waals surface area contributed by atoms with Gasteiger partial charge in [0.25, 0.3) is 0 Å². The van der Waals surface area contributed by atoms with Gasteiger partial charge in [-0.1, -0.05) is 6.92 Å². The van der Waals surface area contributed by atoms with Crippen molar-refractivity contribution in [1.82, 2.24) is 0 Å². The molecule has 6 heteroatoms. The van der Waals surface area contributed by atoms with Crippen LogP contribution in [0.15, 0.2) is 26.8 Å². The predicted octanol–water partition coefficient (Wildman–Crippen LogP) is 1.63. The molecule has 0 amide bonds. The Morgan fingerprint density at radius 3 is 2.71 bits per heavy atom. The number of nitrogens with zero attached hydrogens (tertiary/aromatic N) is 2. The van der Waals surface area contributed by atoms with Crippen LogP contribution in [0.4, 0.5) is 0 Å². The molecule has 0 spiro atoms. The first-order valence-electron chi connectivity index (χ1n) is 5.07. The zero-order valence-corrected chi connectivity index (χ0v) is 11.4. The van der Waals surface area contributed by atoms with Crippen LogP contribution in [-0.2, 0) is 6.42 Å². The molecule has 0 unspecified atom stereocenters. The van der Waals surface area contributed by atoms with Crippen molar-refractivity contribution in [1.29, 1.82) is 0 Å². The number of methoxy groups -OCH3 is 1. The van der Waals surface area contributed by atoms with Crippen LogP contribution in [0.5, 0.6) is 5.75 Å². The van der Waals surface area contributed by atoms with E-state index >= 15 is 0 Å². The first kappa shape index (κ1) is 13.5. The van der Waals surface area contributed by atoms with E-state index in [-0.39, 0.29) is 5.96 Å². The molecule has 1 aromatic carbocycles. The maximum Gasteiger partial charge on any atom is 0.211 e. The quantitative estimate of drug-likeness (QED) is 0.503. The summed E-state index contributed by atoms with van der Waals surface area (Å²) in [6.07, 6.45) is 2.44. The molecule has 0 aromatic heterocycles. The van der Waals surface area contributed by atoms with E-state index < -0.39 is 0 Å². The lowest BCUT2D eigenvalue weighted by Gasteiger charge is -2.10. The minimum absolute atomic E-state index is 0.0680. The fourth-order valence-corrected chi connectivity index (χ4v) is 2.11. The summed E-state index contributed by atoms with van der Waals surface area (Å²) in [4.78, 5) is 0. The van der Waals surface area contributed by atoms with Crippen LogP contribution in [-0.4, -0.2) is 19.3 Å². The molecule has 92 valence electrons. The molecule has 4 N–H and O–H groups in total. The van der Waals surface area contributed by atoms with E-state index in [9.17, 15) is 0 Å². The van der Waals surface area contributed by atoms with Gasteiger partial charge < -0.3 is 16.2 Å². The zero-order valence-electron chi connectivity index (χ0n) is 9.77. The Balaban J connectivity index is 3.11. The highest BCUT2D eigenvalue weighted by Gasteiger charge is 2.08. The predicted molar refractivity (Wildman–Crippen MR) is 73.5 cm³/mol. The van der Waals surface area contributed by atoms with Gasteiger partial charge in [0.1, 0.15) is 5.75 Å². The third-order valence-electron chi connectivity index (χ3n) is 2.17. The Morgan fingerprint density at radius 2 is 2.18 bits per heavy atom. The highest BCUT2D eigenvalue weighted by molar-refractivity contribution is 9.10. The summed E-state index contributed by atoms with van der Waals surface area (Å²) in [5.74, 6) is 0.778. The lowest BCUT2D eigenvalue weighted by molar-refractivity contribution is 0.409. The fourth-order valence-electron chi connectivity index (χ4n) is 1.40. The minimum Gasteiger partial charge on any atom is -0.496 e. The van der Waals surface area contributed by atoms with Crippen LogP contribution in [0.25, 0.3) is 0 Å². The molecule has 5 nitrogen and oxygen atoms in total. The summed E-state index contributed by atoms with van der Waals surface area (Å²) in [5.41, 5.74) is 12.3. The van der Waals surface area contributed by atoms with E-state index in [2.05, 4.69) is 33.1 Å². The summed E-state index contributed by atoms with van der Waals surface area (Å²) in [5, 5.41) is 7.32. The topological polar surface area (TPSA) is 86.0 Å². The second-order valence-electron chi connectivity index (χ2n) is 3.27. The van der Waals surface area contributed by atoms with Gasteiger partial charge in [0, 0.05) is 15.6 Å². The molecule has 1 rings (SSSR count). The minimum atomic E-state index is -0.0680. The van der Waals surface area contributed by atoms with Crippen LogP contribution < -0.4 is 16.2 Å². The van der Waals surface area contributed by atoms with Gasteiger partial charge in [0.15, 0.2) is 0 Å². The maximum absolute atomic E-state index is 5.27. The van der Waals surface area contributed by atoms with Gasteiger partial charge in [-0.05, 0) is 34.5 Å². The molecule has 0 saturated heterocycles. The average molecular weight is 299 g/mol. The summed E-state index contributed by atoms with van der Waals surface area (Å²) in [6, 6.07) is 3.77. The molecule has 0 fully saturated rings. The molecule has 17 heavy (non-hydrogen) atoms. The van der Waals surface area contributed by atoms with Crippen molar-refractivity contribution in [2.45, 2.75) is 13.3 Å². The number of hydrogen-bond acceptors (Lipinski definition) is 3. The fraction of sp³-hybridized carbons (Fsp3) is 0.273. The number of benzene rings is 1. The zero-order chi connectivity index (χ0) is 12.8. The van der Waals surface area contributed by atoms with Gasteiger partial charge in [-0.15, -0.1) is 5.10 Å². The molecular weight excluding hydrogens is 284 g/mol. The van der Waals surface area contributed by atoms with Crippen molar-refractivity contribution < 1.29 is 4.74 Å². The van der Waals surface area contributed by atoms with Crippen LogP contribution in [0.2, 0.25) is 0 Å². The second kappa shape index (κ2) is 6.24. The van der Waals surface area contributed by atoms with Crippen LogP contribution in [0.1, 0.15) is 18.1 Å². The molecule has 0 saturated carbocycles. The standard InChI is InChI=1S/C11H15BrN4O/c1-3-8-9(17-2)5-4-7(10(8)12)6-15-16-11(13)14/h4-6H,3H2,1-2H3,(H4,13,14,16). The van der Waals surface area contributed by atoms with Crippen LogP contribution in [0.3, 0.4) is 0 Å². The van der Waals surface area contributed by atoms with Crippen molar-refractivity contribution in [2.24, 2.45) is 21.7 Å². The molecule has 0 aliphatic rings. The summed E-state index contributed by atoms with van der Waals surface area (Å²) >= 11 is 3.52. The van der Waals surface area contributed by atoms with E-state index in [1.165, 1.54) is 0 Å². The Kier molecular flexibility index (Phi) is 4.96. The van der Waals surface area contributed by atoms with Gasteiger partial charge in [0.05, 0.1) is 13.3 Å². The molecule has 0 radical (unpaired) electrons. The van der Waals surface area contributed by atoms with Gasteiger partial charge in [-0.25, -0.2) is 0 Å². The number of hydrogen-bond donors (Lipinski definition) is 2. The van der Waals surface area contributed by atoms with Gasteiger partial charge >= 0.3 is 0 Å². The third kappa shape index (κ3) is 3.45. The van der Waals surface area contributed by atoms with E-state index in [1.807, 2.05) is 12.1 Å². The average Bonchev–Trinajstić information content (AvgIpc) is 2.30. The van der Waals surface area contributed by atoms with E-state index in [4.69, 9.17) is 16.2 Å². The summed E-state index contributed by atoms with van der Waals surface area (Å²) in [7, 11) is 1.65. The van der Waals surface area contributed by atoms with Gasteiger partial charge in [0.2, 0.25) is 5.96 Å². The number of halogens is 1. The first-order chi connectivity index (χ1) is 8.10. The highest BCUT2D eigenvalue weighted by Crippen LogP contribution is 2.29. The Morgan fingerprint density at radius 1 is 1.47 bits per heavy atom. The van der Waals surface area contributed by atoms with Crippen LogP contribution >= 0.6 is 15.9 Å². The van der Waals surface area contributed by atoms with Gasteiger partial charge in [-0.2, -0.15) is 5.10 Å². The molecule has 1 aromatic rings. The van der Waals surface area contributed by atoms with E-state index in [1.54, 1.807) is 13.3 Å². The van der Waals surface area contributed by atoms with Crippen molar-refractivity contribution in [3.05, 3.63) is 27.7 Å². The number of ether oxygens (including phenoxy) is 1. The largest absolute Gasteiger partial charge is 0.496 e. The lowest BCUT2D eigenvalue weighted by Crippen LogP contribution is -2.21. The Labute approximate surface area is 109 Å². The molecule has 0 heterocycles. The van der Waals surface area contributed by atoms with Crippen LogP contribution in [0, 0.1) is 0 Å². The van der Waals surface area contributed by atoms with E-state index in [0.29, 0.717) is 0 Å². The summed E-state index contributed by atoms with van der Waals surface area (Å²) in [6.45, 7) is 2.06. The normalized spacial score (nSPS) is 10.5. The Bertz CT molecular complexity index is 453. The first-order valence-corrected chi connectivity index (χ1v) is 5.86. The maximum atomic E-state index is 5.27. The Hall–Kier alpha value is -1.56. The van der Waals surface area contributed by atoms with Crippen molar-refractivity contribution in [3.63, 3.8) is 0 Å². The van der Waals surface area contributed by atoms with Crippen molar-refractivity contribution in [3.8, 4) is 5.75 Å². The smallest absolute Gasteiger partial charge is 0.211 e. The number of guanidine groups is 1. The molecule has 0 aliphatic carbocycles. The third-order valence-corrected chi connectivity index (χ3v) is 3.11. The van der Waals surface area contributed by atoms with Crippen molar-refractivity contribution in [2.75, 3.05) is 7.11 Å². The van der Waals surface area contributed by atoms with Crippen molar-refractivity contribution >= 4 is 28.1 Å². The summed E-state index contributed by atoms with van der Waals surface area (Å²) < 4.78 is 6.21.